The molecular formula is C16H21N3O. The van der Waals surface area contributed by atoms with E-state index >= 15 is 0 Å². The minimum absolute atomic E-state index is 0.483. The summed E-state index contributed by atoms with van der Waals surface area (Å²) < 4.78 is 5.24. The van der Waals surface area contributed by atoms with Gasteiger partial charge in [-0.15, -0.1) is 0 Å². The van der Waals surface area contributed by atoms with Crippen LogP contribution in [0.5, 0.6) is 5.88 Å². The Kier molecular flexibility index (Phi) is 5.07. The summed E-state index contributed by atoms with van der Waals surface area (Å²) >= 11 is 0. The Balaban J connectivity index is 2.15. The molecule has 1 aromatic carbocycles. The highest BCUT2D eigenvalue weighted by atomic mass is 16.5. The first kappa shape index (κ1) is 14.5. The number of likely N-dealkylation sites (N-methyl/N-ethyl adjacent to an activating group) is 1. The van der Waals surface area contributed by atoms with Crippen LogP contribution in [-0.4, -0.2) is 29.7 Å². The van der Waals surface area contributed by atoms with Crippen molar-refractivity contribution in [3.63, 3.8) is 0 Å². The lowest BCUT2D eigenvalue weighted by atomic mass is 10.0. The van der Waals surface area contributed by atoms with E-state index in [9.17, 15) is 0 Å². The van der Waals surface area contributed by atoms with Crippen molar-refractivity contribution >= 4 is 0 Å². The zero-order chi connectivity index (χ0) is 14.4. The van der Waals surface area contributed by atoms with Crippen molar-refractivity contribution in [3.05, 3.63) is 42.2 Å². The molecule has 0 aliphatic carbocycles. The van der Waals surface area contributed by atoms with Crippen molar-refractivity contribution in [1.29, 1.82) is 0 Å². The number of methoxy groups -OCH3 is 1. The zero-order valence-corrected chi connectivity index (χ0v) is 12.3. The Morgan fingerprint density at radius 3 is 2.50 bits per heavy atom. The van der Waals surface area contributed by atoms with Crippen LogP contribution >= 0.6 is 0 Å². The summed E-state index contributed by atoms with van der Waals surface area (Å²) in [5.41, 5.74) is 3.11. The highest BCUT2D eigenvalue weighted by molar-refractivity contribution is 5.64. The van der Waals surface area contributed by atoms with Gasteiger partial charge in [-0.2, -0.15) is 0 Å². The number of hydrogen-bond acceptors (Lipinski definition) is 4. The van der Waals surface area contributed by atoms with E-state index in [4.69, 9.17) is 4.74 Å². The first-order chi connectivity index (χ1) is 9.74. The SMILES string of the molecule is CCNC(C)Cc1ccc(-c2nccnc2OC)cc1. The lowest BCUT2D eigenvalue weighted by molar-refractivity contribution is 0.398. The number of ether oxygens (including phenoxy) is 1. The van der Waals surface area contributed by atoms with Crippen LogP contribution in [0, 0.1) is 0 Å². The number of hydrogen-bond donors (Lipinski definition) is 1. The third kappa shape index (κ3) is 3.54. The molecule has 4 nitrogen and oxygen atoms in total. The molecule has 20 heavy (non-hydrogen) atoms. The van der Waals surface area contributed by atoms with E-state index in [0.717, 1.165) is 24.2 Å². The number of benzene rings is 1. The van der Waals surface area contributed by atoms with Gasteiger partial charge in [0.05, 0.1) is 7.11 Å². The van der Waals surface area contributed by atoms with Gasteiger partial charge in [0.15, 0.2) is 0 Å². The Labute approximate surface area is 120 Å². The third-order valence-electron chi connectivity index (χ3n) is 3.18. The molecule has 1 aromatic heterocycles. The van der Waals surface area contributed by atoms with Crippen LogP contribution in [0.1, 0.15) is 19.4 Å². The monoisotopic (exact) mass is 271 g/mol. The average Bonchev–Trinajstić information content (AvgIpc) is 2.48. The van der Waals surface area contributed by atoms with Crippen molar-refractivity contribution in [2.45, 2.75) is 26.3 Å². The van der Waals surface area contributed by atoms with Crippen LogP contribution in [0.4, 0.5) is 0 Å². The van der Waals surface area contributed by atoms with Crippen LogP contribution < -0.4 is 10.1 Å². The topological polar surface area (TPSA) is 47.0 Å². The highest BCUT2D eigenvalue weighted by Gasteiger charge is 2.08. The zero-order valence-electron chi connectivity index (χ0n) is 12.3. The van der Waals surface area contributed by atoms with Crippen LogP contribution in [-0.2, 0) is 6.42 Å². The molecule has 1 N–H and O–H groups in total. The van der Waals surface area contributed by atoms with Gasteiger partial charge in [-0.1, -0.05) is 31.2 Å². The molecule has 0 spiro atoms. The Bertz CT molecular complexity index is 540. The van der Waals surface area contributed by atoms with Crippen LogP contribution in [0.25, 0.3) is 11.3 Å². The first-order valence-electron chi connectivity index (χ1n) is 6.92. The molecule has 0 radical (unpaired) electrons. The van der Waals surface area contributed by atoms with E-state index in [1.807, 2.05) is 0 Å². The largest absolute Gasteiger partial charge is 0.479 e. The first-order valence-corrected chi connectivity index (χ1v) is 6.92. The maximum absolute atomic E-state index is 5.24. The maximum atomic E-state index is 5.24. The van der Waals surface area contributed by atoms with Gasteiger partial charge < -0.3 is 10.1 Å². The number of aromatic nitrogens is 2. The number of nitrogens with zero attached hydrogens (tertiary/aromatic N) is 2. The fourth-order valence-electron chi connectivity index (χ4n) is 2.25. The molecule has 0 aliphatic heterocycles. The summed E-state index contributed by atoms with van der Waals surface area (Å²) in [6.07, 6.45) is 4.33. The van der Waals surface area contributed by atoms with Gasteiger partial charge >= 0.3 is 0 Å². The predicted octanol–water partition coefficient (Wildman–Crippen LogP) is 2.69. The molecule has 0 bridgehead atoms. The molecule has 0 amide bonds. The van der Waals surface area contributed by atoms with Crippen molar-refractivity contribution in [1.82, 2.24) is 15.3 Å². The lowest BCUT2D eigenvalue weighted by Gasteiger charge is -2.12. The Morgan fingerprint density at radius 2 is 1.85 bits per heavy atom. The minimum atomic E-state index is 0.483. The predicted molar refractivity (Wildman–Crippen MR) is 80.9 cm³/mol. The van der Waals surface area contributed by atoms with E-state index in [0.29, 0.717) is 11.9 Å². The van der Waals surface area contributed by atoms with Gasteiger partial charge in [0.1, 0.15) is 5.69 Å². The summed E-state index contributed by atoms with van der Waals surface area (Å²) in [6.45, 7) is 5.32. The normalized spacial score (nSPS) is 12.2. The molecule has 1 heterocycles. The summed E-state index contributed by atoms with van der Waals surface area (Å²) in [4.78, 5) is 8.51. The Hall–Kier alpha value is -1.94. The van der Waals surface area contributed by atoms with E-state index < -0.39 is 0 Å². The van der Waals surface area contributed by atoms with Gasteiger partial charge in [-0.25, -0.2) is 9.97 Å². The minimum Gasteiger partial charge on any atom is -0.479 e. The second-order valence-corrected chi connectivity index (χ2v) is 4.77. The van der Waals surface area contributed by atoms with Crippen LogP contribution in [0.3, 0.4) is 0 Å². The van der Waals surface area contributed by atoms with E-state index in [1.54, 1.807) is 19.5 Å². The summed E-state index contributed by atoms with van der Waals surface area (Å²) in [5, 5.41) is 3.42. The van der Waals surface area contributed by atoms with E-state index in [2.05, 4.69) is 53.4 Å². The second-order valence-electron chi connectivity index (χ2n) is 4.77. The molecular weight excluding hydrogens is 250 g/mol. The average molecular weight is 271 g/mol. The quantitative estimate of drug-likeness (QED) is 0.877. The van der Waals surface area contributed by atoms with Crippen LogP contribution in [0.2, 0.25) is 0 Å². The van der Waals surface area contributed by atoms with Crippen molar-refractivity contribution in [3.8, 4) is 17.1 Å². The number of nitrogens with one attached hydrogen (secondary N) is 1. The standard InChI is InChI=1S/C16H21N3O/c1-4-17-12(2)11-13-5-7-14(8-6-13)15-16(20-3)19-10-9-18-15/h5-10,12,17H,4,11H2,1-3H3. The molecule has 1 atom stereocenters. The van der Waals surface area contributed by atoms with E-state index in [-0.39, 0.29) is 0 Å². The van der Waals surface area contributed by atoms with Crippen molar-refractivity contribution in [2.24, 2.45) is 0 Å². The molecule has 0 aliphatic rings. The second kappa shape index (κ2) is 7.01. The van der Waals surface area contributed by atoms with Gasteiger partial charge in [-0.05, 0) is 25.5 Å². The fourth-order valence-corrected chi connectivity index (χ4v) is 2.25. The van der Waals surface area contributed by atoms with Crippen molar-refractivity contribution in [2.75, 3.05) is 13.7 Å². The molecule has 0 fully saturated rings. The van der Waals surface area contributed by atoms with Gasteiger partial charge in [0.25, 0.3) is 0 Å². The molecule has 2 rings (SSSR count). The summed E-state index contributed by atoms with van der Waals surface area (Å²) in [7, 11) is 1.61. The molecule has 2 aromatic rings. The Morgan fingerprint density at radius 1 is 1.15 bits per heavy atom. The summed E-state index contributed by atoms with van der Waals surface area (Å²) in [6, 6.07) is 8.90. The maximum Gasteiger partial charge on any atom is 0.240 e. The van der Waals surface area contributed by atoms with Gasteiger partial charge in [-0.3, -0.25) is 0 Å². The van der Waals surface area contributed by atoms with E-state index in [1.165, 1.54) is 5.56 Å². The molecule has 1 unspecified atom stereocenters. The van der Waals surface area contributed by atoms with Crippen LogP contribution in [0.15, 0.2) is 36.7 Å². The molecule has 0 saturated carbocycles. The number of rotatable bonds is 6. The molecule has 4 heteroatoms. The van der Waals surface area contributed by atoms with Crippen molar-refractivity contribution < 1.29 is 4.74 Å². The van der Waals surface area contributed by atoms with Gasteiger partial charge in [0.2, 0.25) is 5.88 Å². The lowest BCUT2D eigenvalue weighted by Crippen LogP contribution is -2.27. The molecule has 106 valence electrons. The third-order valence-corrected chi connectivity index (χ3v) is 3.18. The summed E-state index contributed by atoms with van der Waals surface area (Å²) in [5.74, 6) is 0.557. The highest BCUT2D eigenvalue weighted by Crippen LogP contribution is 2.25. The van der Waals surface area contributed by atoms with Gasteiger partial charge in [0, 0.05) is 24.0 Å². The fraction of sp³-hybridized carbons (Fsp3) is 0.375. The smallest absolute Gasteiger partial charge is 0.240 e. The molecule has 0 saturated heterocycles.